The number of hydrogen-bond acceptors (Lipinski definition) is 5. The largest absolute Gasteiger partial charge is 0.334 e. The first-order chi connectivity index (χ1) is 15.6. The van der Waals surface area contributed by atoms with E-state index in [4.69, 9.17) is 4.98 Å². The fraction of sp³-hybridized carbons (Fsp3) is 0.360. The highest BCUT2D eigenvalue weighted by Crippen LogP contribution is 2.31. The Kier molecular flexibility index (Phi) is 7.17. The Morgan fingerprint density at radius 3 is 2.91 bits per heavy atom. The number of carbonyl (C=O) groups is 1. The van der Waals surface area contributed by atoms with E-state index in [0.29, 0.717) is 25.9 Å². The standard InChI is InChI=1S/C25H28FN5O/c1-30(18-21-8-2-3-11-28-21)13-10-25(32)31-12-5-9-24(31)23-17-27-16-22(29-23)15-19-6-4-7-20(26)14-19/h2-4,6-8,11,14,16-17,24H,5,9-10,12-13,15,18H2,1H3/t24-/m0/s1. The lowest BCUT2D eigenvalue weighted by Gasteiger charge is -2.25. The van der Waals surface area contributed by atoms with E-state index in [1.165, 1.54) is 12.1 Å². The molecule has 2 aromatic heterocycles. The fourth-order valence-corrected chi connectivity index (χ4v) is 4.18. The van der Waals surface area contributed by atoms with Crippen LogP contribution < -0.4 is 0 Å². The molecule has 0 N–H and O–H groups in total. The van der Waals surface area contributed by atoms with E-state index in [2.05, 4.69) is 14.9 Å². The van der Waals surface area contributed by atoms with Gasteiger partial charge in [-0.15, -0.1) is 0 Å². The number of carbonyl (C=O) groups excluding carboxylic acids is 1. The lowest BCUT2D eigenvalue weighted by molar-refractivity contribution is -0.132. The second-order valence-corrected chi connectivity index (χ2v) is 8.30. The first kappa shape index (κ1) is 22.0. The number of aromatic nitrogens is 3. The molecule has 0 radical (unpaired) electrons. The summed E-state index contributed by atoms with van der Waals surface area (Å²) in [4.78, 5) is 30.5. The van der Waals surface area contributed by atoms with Crippen LogP contribution in [0, 0.1) is 5.82 Å². The summed E-state index contributed by atoms with van der Waals surface area (Å²) in [7, 11) is 2.00. The van der Waals surface area contributed by atoms with Gasteiger partial charge < -0.3 is 9.80 Å². The maximum atomic E-state index is 13.5. The Morgan fingerprint density at radius 1 is 1.19 bits per heavy atom. The molecule has 1 fully saturated rings. The van der Waals surface area contributed by atoms with Crippen molar-refractivity contribution in [3.63, 3.8) is 0 Å². The van der Waals surface area contributed by atoms with Gasteiger partial charge in [-0.1, -0.05) is 18.2 Å². The minimum atomic E-state index is -0.257. The summed E-state index contributed by atoms with van der Waals surface area (Å²) in [6.45, 7) is 2.12. The van der Waals surface area contributed by atoms with Crippen molar-refractivity contribution in [2.24, 2.45) is 0 Å². The van der Waals surface area contributed by atoms with Crippen molar-refractivity contribution in [2.45, 2.75) is 38.3 Å². The number of likely N-dealkylation sites (tertiary alicyclic amines) is 1. The summed E-state index contributed by atoms with van der Waals surface area (Å²) in [5.74, 6) is -0.120. The zero-order valence-electron chi connectivity index (χ0n) is 18.3. The molecule has 0 bridgehead atoms. The van der Waals surface area contributed by atoms with Gasteiger partial charge in [0, 0.05) is 44.9 Å². The lowest BCUT2D eigenvalue weighted by Crippen LogP contribution is -2.33. The predicted octanol–water partition coefficient (Wildman–Crippen LogP) is 3.79. The normalized spacial score (nSPS) is 16.0. The molecular weight excluding hydrogens is 405 g/mol. The molecule has 0 aliphatic carbocycles. The van der Waals surface area contributed by atoms with E-state index < -0.39 is 0 Å². The van der Waals surface area contributed by atoms with Gasteiger partial charge in [-0.05, 0) is 49.7 Å². The second kappa shape index (κ2) is 10.4. The third-order valence-corrected chi connectivity index (χ3v) is 5.76. The zero-order valence-corrected chi connectivity index (χ0v) is 18.3. The maximum Gasteiger partial charge on any atom is 0.224 e. The van der Waals surface area contributed by atoms with Crippen molar-refractivity contribution in [1.29, 1.82) is 0 Å². The molecule has 166 valence electrons. The van der Waals surface area contributed by atoms with Crippen molar-refractivity contribution < 1.29 is 9.18 Å². The summed E-state index contributed by atoms with van der Waals surface area (Å²) in [5.41, 5.74) is 3.44. The Bertz CT molecular complexity index is 1050. The van der Waals surface area contributed by atoms with Crippen LogP contribution in [0.1, 0.15) is 47.9 Å². The smallest absolute Gasteiger partial charge is 0.224 e. The highest BCUT2D eigenvalue weighted by molar-refractivity contribution is 5.77. The van der Waals surface area contributed by atoms with E-state index in [1.54, 1.807) is 24.7 Å². The molecule has 32 heavy (non-hydrogen) atoms. The van der Waals surface area contributed by atoms with E-state index in [-0.39, 0.29) is 17.8 Å². The number of hydrogen-bond donors (Lipinski definition) is 0. The summed E-state index contributed by atoms with van der Waals surface area (Å²) in [5, 5.41) is 0. The van der Waals surface area contributed by atoms with Gasteiger partial charge in [-0.2, -0.15) is 0 Å². The monoisotopic (exact) mass is 433 g/mol. The van der Waals surface area contributed by atoms with Crippen molar-refractivity contribution >= 4 is 5.91 Å². The molecule has 1 atom stereocenters. The van der Waals surface area contributed by atoms with E-state index in [1.807, 2.05) is 36.2 Å². The highest BCUT2D eigenvalue weighted by atomic mass is 19.1. The van der Waals surface area contributed by atoms with Crippen LogP contribution in [-0.2, 0) is 17.8 Å². The van der Waals surface area contributed by atoms with E-state index in [0.717, 1.165) is 42.0 Å². The minimum Gasteiger partial charge on any atom is -0.334 e. The topological polar surface area (TPSA) is 62.2 Å². The number of benzene rings is 1. The van der Waals surface area contributed by atoms with Crippen molar-refractivity contribution in [3.8, 4) is 0 Å². The first-order valence-electron chi connectivity index (χ1n) is 11.0. The van der Waals surface area contributed by atoms with Crippen LogP contribution in [-0.4, -0.2) is 50.8 Å². The van der Waals surface area contributed by atoms with Gasteiger partial charge in [-0.25, -0.2) is 4.39 Å². The quantitative estimate of drug-likeness (QED) is 0.541. The molecule has 4 rings (SSSR count). The van der Waals surface area contributed by atoms with Gasteiger partial charge in [-0.3, -0.25) is 19.7 Å². The number of amides is 1. The van der Waals surface area contributed by atoms with E-state index in [9.17, 15) is 9.18 Å². The fourth-order valence-electron chi connectivity index (χ4n) is 4.18. The zero-order chi connectivity index (χ0) is 22.3. The Labute approximate surface area is 188 Å². The molecule has 0 spiro atoms. The third kappa shape index (κ3) is 5.73. The summed E-state index contributed by atoms with van der Waals surface area (Å²) in [6.07, 6.45) is 8.05. The van der Waals surface area contributed by atoms with Gasteiger partial charge in [0.1, 0.15) is 5.82 Å². The number of rotatable bonds is 8. The van der Waals surface area contributed by atoms with Crippen LogP contribution >= 0.6 is 0 Å². The molecule has 1 aliphatic rings. The molecule has 7 heteroatoms. The van der Waals surface area contributed by atoms with Crippen LogP contribution in [0.3, 0.4) is 0 Å². The molecule has 0 unspecified atom stereocenters. The number of nitrogens with zero attached hydrogens (tertiary/aromatic N) is 5. The van der Waals surface area contributed by atoms with Crippen LogP contribution in [0.15, 0.2) is 61.1 Å². The first-order valence-corrected chi connectivity index (χ1v) is 11.0. The molecule has 6 nitrogen and oxygen atoms in total. The maximum absolute atomic E-state index is 13.5. The molecule has 1 saturated heterocycles. The summed E-state index contributed by atoms with van der Waals surface area (Å²) < 4.78 is 13.5. The molecule has 0 saturated carbocycles. The Morgan fingerprint density at radius 2 is 2.09 bits per heavy atom. The van der Waals surface area contributed by atoms with Crippen LogP contribution in [0.2, 0.25) is 0 Å². The van der Waals surface area contributed by atoms with Crippen molar-refractivity contribution in [3.05, 3.63) is 89.5 Å². The van der Waals surface area contributed by atoms with Gasteiger partial charge in [0.15, 0.2) is 0 Å². The molecule has 1 aromatic carbocycles. The molecule has 3 aromatic rings. The SMILES string of the molecule is CN(CCC(=O)N1CCC[C@H]1c1cncc(Cc2cccc(F)c2)n1)Cc1ccccn1. The Hall–Kier alpha value is -3.19. The molecule has 1 aliphatic heterocycles. The molecule has 1 amide bonds. The average molecular weight is 434 g/mol. The average Bonchev–Trinajstić information content (AvgIpc) is 3.29. The van der Waals surface area contributed by atoms with Gasteiger partial charge in [0.25, 0.3) is 0 Å². The van der Waals surface area contributed by atoms with Crippen LogP contribution in [0.5, 0.6) is 0 Å². The minimum absolute atomic E-state index is 0.0523. The van der Waals surface area contributed by atoms with Gasteiger partial charge >= 0.3 is 0 Å². The van der Waals surface area contributed by atoms with Crippen LogP contribution in [0.25, 0.3) is 0 Å². The molecular formula is C25H28FN5O. The van der Waals surface area contributed by atoms with E-state index >= 15 is 0 Å². The summed E-state index contributed by atoms with van der Waals surface area (Å²) in [6, 6.07) is 12.3. The highest BCUT2D eigenvalue weighted by Gasteiger charge is 2.31. The van der Waals surface area contributed by atoms with Crippen LogP contribution in [0.4, 0.5) is 4.39 Å². The van der Waals surface area contributed by atoms with Crippen molar-refractivity contribution in [2.75, 3.05) is 20.1 Å². The van der Waals surface area contributed by atoms with Gasteiger partial charge in [0.05, 0.1) is 29.3 Å². The lowest BCUT2D eigenvalue weighted by atomic mass is 10.1. The van der Waals surface area contributed by atoms with Gasteiger partial charge in [0.2, 0.25) is 5.91 Å². The number of halogens is 1. The van der Waals surface area contributed by atoms with Crippen molar-refractivity contribution in [1.82, 2.24) is 24.8 Å². The Balaban J connectivity index is 1.37. The predicted molar refractivity (Wildman–Crippen MR) is 120 cm³/mol. The summed E-state index contributed by atoms with van der Waals surface area (Å²) >= 11 is 0. The second-order valence-electron chi connectivity index (χ2n) is 8.30. The number of pyridine rings is 1. The molecule has 3 heterocycles. The third-order valence-electron chi connectivity index (χ3n) is 5.76.